The number of nitrogens with one attached hydrogen (secondary N) is 1. The first kappa shape index (κ1) is 24.4. The zero-order valence-corrected chi connectivity index (χ0v) is 19.8. The molecule has 0 unspecified atom stereocenters. The largest absolute Gasteiger partial charge is 0.493 e. The topological polar surface area (TPSA) is 84.9 Å². The molecule has 0 aromatic heterocycles. The summed E-state index contributed by atoms with van der Waals surface area (Å²) in [6.45, 7) is 1.27. The van der Waals surface area contributed by atoms with E-state index in [0.717, 1.165) is 16.1 Å². The standard InChI is InChI=1S/C19H21Cl3N2O5S/c1-11(12-5-6-17(28-2)18(7-12)29-3)23-19(25)10-24(30(4,26)27)16-9-14(21)13(20)8-15(16)22/h5-9,11H,10H2,1-4H3,(H,23,25)/t11-/m0/s1. The molecule has 0 fully saturated rings. The fourth-order valence-electron chi connectivity index (χ4n) is 2.71. The molecule has 0 heterocycles. The Kier molecular flexibility index (Phi) is 8.10. The molecule has 1 atom stereocenters. The van der Waals surface area contributed by atoms with Crippen molar-refractivity contribution in [2.24, 2.45) is 0 Å². The van der Waals surface area contributed by atoms with Crippen molar-refractivity contribution in [3.8, 4) is 11.5 Å². The highest BCUT2D eigenvalue weighted by Gasteiger charge is 2.25. The highest BCUT2D eigenvalue weighted by Crippen LogP contribution is 2.35. The van der Waals surface area contributed by atoms with Crippen LogP contribution in [0.3, 0.4) is 0 Å². The minimum Gasteiger partial charge on any atom is -0.493 e. The SMILES string of the molecule is COc1ccc([C@H](C)NC(=O)CN(c2cc(Cl)c(Cl)cc2Cl)S(C)(=O)=O)cc1OC. The van der Waals surface area contributed by atoms with E-state index in [0.29, 0.717) is 11.5 Å². The molecule has 2 aromatic carbocycles. The van der Waals surface area contributed by atoms with Gasteiger partial charge in [-0.15, -0.1) is 0 Å². The lowest BCUT2D eigenvalue weighted by Crippen LogP contribution is -2.41. The van der Waals surface area contributed by atoms with E-state index in [1.54, 1.807) is 25.1 Å². The third-order valence-electron chi connectivity index (χ3n) is 4.23. The maximum atomic E-state index is 12.6. The van der Waals surface area contributed by atoms with E-state index in [9.17, 15) is 13.2 Å². The van der Waals surface area contributed by atoms with Crippen LogP contribution in [0.5, 0.6) is 11.5 Å². The molecule has 0 saturated carbocycles. The number of halogens is 3. The molecule has 7 nitrogen and oxygen atoms in total. The summed E-state index contributed by atoms with van der Waals surface area (Å²) in [5.74, 6) is 0.526. The summed E-state index contributed by atoms with van der Waals surface area (Å²) in [4.78, 5) is 12.6. The van der Waals surface area contributed by atoms with Crippen LogP contribution in [0.1, 0.15) is 18.5 Å². The summed E-state index contributed by atoms with van der Waals surface area (Å²) >= 11 is 18.1. The van der Waals surface area contributed by atoms with Gasteiger partial charge in [0.2, 0.25) is 15.9 Å². The monoisotopic (exact) mass is 494 g/mol. The van der Waals surface area contributed by atoms with Crippen LogP contribution < -0.4 is 19.1 Å². The van der Waals surface area contributed by atoms with E-state index in [2.05, 4.69) is 5.32 Å². The van der Waals surface area contributed by atoms with E-state index in [1.807, 2.05) is 0 Å². The Balaban J connectivity index is 2.24. The van der Waals surface area contributed by atoms with Gasteiger partial charge in [0.15, 0.2) is 11.5 Å². The van der Waals surface area contributed by atoms with Crippen LogP contribution >= 0.6 is 34.8 Å². The fraction of sp³-hybridized carbons (Fsp3) is 0.316. The summed E-state index contributed by atoms with van der Waals surface area (Å²) in [6, 6.07) is 7.42. The van der Waals surface area contributed by atoms with Crippen molar-refractivity contribution in [2.75, 3.05) is 31.3 Å². The molecular formula is C19H21Cl3N2O5S. The van der Waals surface area contributed by atoms with Gasteiger partial charge in [-0.25, -0.2) is 8.42 Å². The Labute approximate surface area is 190 Å². The predicted molar refractivity (Wildman–Crippen MR) is 120 cm³/mol. The Bertz CT molecular complexity index is 1050. The smallest absolute Gasteiger partial charge is 0.241 e. The van der Waals surface area contributed by atoms with Gasteiger partial charge in [-0.2, -0.15) is 0 Å². The lowest BCUT2D eigenvalue weighted by Gasteiger charge is -2.24. The number of hydrogen-bond donors (Lipinski definition) is 1. The average molecular weight is 496 g/mol. The molecule has 0 spiro atoms. The second kappa shape index (κ2) is 9.96. The minimum atomic E-state index is -3.84. The molecule has 1 amide bonds. The van der Waals surface area contributed by atoms with E-state index in [-0.39, 0.29) is 20.8 Å². The van der Waals surface area contributed by atoms with Crippen molar-refractivity contribution >= 4 is 56.4 Å². The number of hydrogen-bond acceptors (Lipinski definition) is 5. The average Bonchev–Trinajstić information content (AvgIpc) is 2.67. The zero-order chi connectivity index (χ0) is 22.6. The molecule has 0 aliphatic rings. The fourth-order valence-corrected chi connectivity index (χ4v) is 4.26. The first-order valence-electron chi connectivity index (χ1n) is 8.61. The van der Waals surface area contributed by atoms with Crippen LogP contribution in [0.2, 0.25) is 15.1 Å². The van der Waals surface area contributed by atoms with Gasteiger partial charge in [-0.1, -0.05) is 40.9 Å². The molecule has 30 heavy (non-hydrogen) atoms. The molecule has 0 aliphatic heterocycles. The highest BCUT2D eigenvalue weighted by molar-refractivity contribution is 7.92. The first-order valence-corrected chi connectivity index (χ1v) is 11.6. The molecule has 2 rings (SSSR count). The van der Waals surface area contributed by atoms with Crippen LogP contribution in [-0.2, 0) is 14.8 Å². The number of ether oxygens (including phenoxy) is 2. The van der Waals surface area contributed by atoms with E-state index < -0.39 is 28.5 Å². The number of amides is 1. The number of anilines is 1. The van der Waals surface area contributed by atoms with Gasteiger partial charge in [0.1, 0.15) is 6.54 Å². The molecule has 0 saturated heterocycles. The lowest BCUT2D eigenvalue weighted by molar-refractivity contribution is -0.120. The van der Waals surface area contributed by atoms with Gasteiger partial charge in [0.05, 0.1) is 47.3 Å². The number of methoxy groups -OCH3 is 2. The minimum absolute atomic E-state index is 0.0514. The Hall–Kier alpha value is -1.87. The van der Waals surface area contributed by atoms with Crippen LogP contribution in [0.4, 0.5) is 5.69 Å². The van der Waals surface area contributed by atoms with Crippen LogP contribution in [-0.4, -0.2) is 41.3 Å². The number of nitrogens with zero attached hydrogens (tertiary/aromatic N) is 1. The first-order chi connectivity index (χ1) is 14.0. The third kappa shape index (κ3) is 5.85. The molecule has 1 N–H and O–H groups in total. The number of rotatable bonds is 8. The summed E-state index contributed by atoms with van der Waals surface area (Å²) < 4.78 is 36.0. The summed E-state index contributed by atoms with van der Waals surface area (Å²) in [7, 11) is -0.801. The van der Waals surface area contributed by atoms with Crippen molar-refractivity contribution in [2.45, 2.75) is 13.0 Å². The number of carbonyl (C=O) groups excluding carboxylic acids is 1. The third-order valence-corrected chi connectivity index (χ3v) is 6.38. The summed E-state index contributed by atoms with van der Waals surface area (Å²) in [6.07, 6.45) is 0.969. The van der Waals surface area contributed by atoms with Crippen molar-refractivity contribution in [1.29, 1.82) is 0 Å². The van der Waals surface area contributed by atoms with Gasteiger partial charge < -0.3 is 14.8 Å². The molecule has 0 aliphatic carbocycles. The van der Waals surface area contributed by atoms with Crippen LogP contribution in [0.15, 0.2) is 30.3 Å². The molecule has 11 heteroatoms. The van der Waals surface area contributed by atoms with Gasteiger partial charge >= 0.3 is 0 Å². The second-order valence-electron chi connectivity index (χ2n) is 6.39. The Morgan fingerprint density at radius 1 is 1.03 bits per heavy atom. The van der Waals surface area contributed by atoms with Crippen molar-refractivity contribution in [1.82, 2.24) is 5.32 Å². The second-order valence-corrected chi connectivity index (χ2v) is 9.52. The summed E-state index contributed by atoms with van der Waals surface area (Å²) in [5, 5.41) is 3.10. The van der Waals surface area contributed by atoms with E-state index >= 15 is 0 Å². The van der Waals surface area contributed by atoms with Crippen LogP contribution in [0, 0.1) is 0 Å². The van der Waals surface area contributed by atoms with Crippen LogP contribution in [0.25, 0.3) is 0 Å². The quantitative estimate of drug-likeness (QED) is 0.552. The number of sulfonamides is 1. The maximum absolute atomic E-state index is 12.6. The molecule has 2 aromatic rings. The Morgan fingerprint density at radius 2 is 1.63 bits per heavy atom. The molecular weight excluding hydrogens is 475 g/mol. The maximum Gasteiger partial charge on any atom is 0.241 e. The lowest BCUT2D eigenvalue weighted by atomic mass is 10.1. The Morgan fingerprint density at radius 3 is 2.20 bits per heavy atom. The number of carbonyl (C=O) groups is 1. The van der Waals surface area contributed by atoms with Crippen molar-refractivity contribution < 1.29 is 22.7 Å². The molecule has 0 radical (unpaired) electrons. The van der Waals surface area contributed by atoms with Gasteiger partial charge in [-0.3, -0.25) is 9.10 Å². The van der Waals surface area contributed by atoms with Crippen molar-refractivity contribution in [3.05, 3.63) is 51.0 Å². The van der Waals surface area contributed by atoms with Crippen molar-refractivity contribution in [3.63, 3.8) is 0 Å². The van der Waals surface area contributed by atoms with Gasteiger partial charge in [0, 0.05) is 0 Å². The van der Waals surface area contributed by atoms with Gasteiger partial charge in [-0.05, 0) is 36.8 Å². The van der Waals surface area contributed by atoms with E-state index in [4.69, 9.17) is 44.3 Å². The normalized spacial score (nSPS) is 12.2. The predicted octanol–water partition coefficient (Wildman–Crippen LogP) is 4.31. The zero-order valence-electron chi connectivity index (χ0n) is 16.7. The molecule has 164 valence electrons. The summed E-state index contributed by atoms with van der Waals surface area (Å²) in [5.41, 5.74) is 0.807. The van der Waals surface area contributed by atoms with E-state index in [1.165, 1.54) is 26.4 Å². The molecule has 0 bridgehead atoms. The highest BCUT2D eigenvalue weighted by atomic mass is 35.5. The van der Waals surface area contributed by atoms with Gasteiger partial charge in [0.25, 0.3) is 0 Å². The number of benzene rings is 2.